The van der Waals surface area contributed by atoms with E-state index in [0.29, 0.717) is 12.8 Å². The second kappa shape index (κ2) is 1.18. The van der Waals surface area contributed by atoms with Gasteiger partial charge in [-0.1, -0.05) is 0 Å². The number of halogens is 2. The Kier molecular flexibility index (Phi) is 0.695. The largest absolute Gasteiger partial charge is 0.299 e. The van der Waals surface area contributed by atoms with Crippen molar-refractivity contribution in [2.45, 2.75) is 18.8 Å². The Morgan fingerprint density at radius 3 is 2.44 bits per heavy atom. The highest BCUT2D eigenvalue weighted by atomic mass is 19.3. The molecule has 0 aromatic carbocycles. The smallest absolute Gasteiger partial charge is 0.261 e. The molecule has 1 nitrogen and oxygen atoms in total. The molecular weight excluding hydrogens is 126 g/mol. The highest BCUT2D eigenvalue weighted by Crippen LogP contribution is 2.62. The van der Waals surface area contributed by atoms with Crippen LogP contribution in [0.3, 0.4) is 0 Å². The molecule has 0 saturated heterocycles. The average molecular weight is 132 g/mol. The predicted octanol–water partition coefficient (Wildman–Crippen LogP) is 1.23. The lowest BCUT2D eigenvalue weighted by molar-refractivity contribution is -0.121. The summed E-state index contributed by atoms with van der Waals surface area (Å²) in [4.78, 5) is 10.6. The van der Waals surface area contributed by atoms with Crippen LogP contribution in [-0.4, -0.2) is 11.7 Å². The molecular formula is C6H6F2O. The number of alkyl halides is 2. The summed E-state index contributed by atoms with van der Waals surface area (Å²) >= 11 is 0. The summed E-state index contributed by atoms with van der Waals surface area (Å²) in [5, 5.41) is 0. The summed E-state index contributed by atoms with van der Waals surface area (Å²) in [7, 11) is 0. The van der Waals surface area contributed by atoms with Crippen molar-refractivity contribution >= 4 is 5.78 Å². The molecule has 2 rings (SSSR count). The molecule has 0 aromatic rings. The van der Waals surface area contributed by atoms with E-state index in [2.05, 4.69) is 0 Å². The van der Waals surface area contributed by atoms with Gasteiger partial charge in [0.25, 0.3) is 5.92 Å². The summed E-state index contributed by atoms with van der Waals surface area (Å²) in [5.74, 6) is -4.30. The molecule has 2 fully saturated rings. The van der Waals surface area contributed by atoms with E-state index in [0.717, 1.165) is 0 Å². The highest BCUT2D eigenvalue weighted by molar-refractivity contribution is 5.88. The number of ketones is 1. The van der Waals surface area contributed by atoms with Gasteiger partial charge in [0.2, 0.25) is 0 Å². The predicted molar refractivity (Wildman–Crippen MR) is 26.2 cm³/mol. The quantitative estimate of drug-likeness (QED) is 0.484. The fourth-order valence-electron chi connectivity index (χ4n) is 1.64. The maximum atomic E-state index is 12.3. The van der Waals surface area contributed by atoms with Crippen molar-refractivity contribution < 1.29 is 13.6 Å². The normalized spacial score (nSPS) is 44.9. The minimum Gasteiger partial charge on any atom is -0.299 e. The van der Waals surface area contributed by atoms with Gasteiger partial charge in [0.1, 0.15) is 5.78 Å². The third kappa shape index (κ3) is 0.454. The summed E-state index contributed by atoms with van der Waals surface area (Å²) < 4.78 is 24.5. The summed E-state index contributed by atoms with van der Waals surface area (Å²) in [6.07, 6.45) is 0.793. The minimum atomic E-state index is -2.62. The van der Waals surface area contributed by atoms with Gasteiger partial charge in [-0.05, 0) is 6.42 Å². The van der Waals surface area contributed by atoms with Crippen LogP contribution in [0.2, 0.25) is 0 Å². The first-order valence-corrected chi connectivity index (χ1v) is 3.04. The van der Waals surface area contributed by atoms with Gasteiger partial charge in [0.15, 0.2) is 0 Å². The van der Waals surface area contributed by atoms with Crippen molar-refractivity contribution in [1.29, 1.82) is 0 Å². The molecule has 0 N–H and O–H groups in total. The molecule has 2 atom stereocenters. The molecule has 0 amide bonds. The Bertz CT molecular complexity index is 176. The second-order valence-electron chi connectivity index (χ2n) is 2.76. The Labute approximate surface area is 51.0 Å². The molecule has 0 aromatic heterocycles. The first kappa shape index (κ1) is 5.33. The lowest BCUT2D eigenvalue weighted by atomic mass is 10.2. The number of fused-ring (bicyclic) bond motifs is 1. The van der Waals surface area contributed by atoms with Gasteiger partial charge >= 0.3 is 0 Å². The van der Waals surface area contributed by atoms with Gasteiger partial charge in [-0.3, -0.25) is 4.79 Å². The van der Waals surface area contributed by atoms with Crippen molar-refractivity contribution in [2.75, 3.05) is 0 Å². The zero-order valence-corrected chi connectivity index (χ0v) is 4.73. The number of hydrogen-bond donors (Lipinski definition) is 0. The molecule has 9 heavy (non-hydrogen) atoms. The van der Waals surface area contributed by atoms with Crippen molar-refractivity contribution in [3.8, 4) is 0 Å². The molecule has 0 radical (unpaired) electrons. The van der Waals surface area contributed by atoms with Crippen LogP contribution in [-0.2, 0) is 4.79 Å². The molecule has 3 heteroatoms. The van der Waals surface area contributed by atoms with E-state index in [1.807, 2.05) is 0 Å². The van der Waals surface area contributed by atoms with Crippen LogP contribution in [0, 0.1) is 11.8 Å². The van der Waals surface area contributed by atoms with E-state index in [4.69, 9.17) is 0 Å². The summed E-state index contributed by atoms with van der Waals surface area (Å²) in [6.45, 7) is 0. The molecule has 0 heterocycles. The summed E-state index contributed by atoms with van der Waals surface area (Å²) in [6, 6.07) is 0. The number of rotatable bonds is 0. The van der Waals surface area contributed by atoms with Crippen LogP contribution in [0.25, 0.3) is 0 Å². The molecule has 0 unspecified atom stereocenters. The molecule has 0 bridgehead atoms. The van der Waals surface area contributed by atoms with Gasteiger partial charge in [0, 0.05) is 12.3 Å². The Balaban J connectivity index is 2.23. The number of Topliss-reactive ketones (excluding diaryl/α,β-unsaturated/α-hetero) is 1. The number of carbonyl (C=O) groups is 1. The summed E-state index contributed by atoms with van der Waals surface area (Å²) in [5.41, 5.74) is 0. The van der Waals surface area contributed by atoms with Crippen LogP contribution in [0.4, 0.5) is 8.78 Å². The van der Waals surface area contributed by atoms with E-state index >= 15 is 0 Å². The van der Waals surface area contributed by atoms with Gasteiger partial charge in [-0.15, -0.1) is 0 Å². The van der Waals surface area contributed by atoms with Crippen molar-refractivity contribution in [2.24, 2.45) is 11.8 Å². The van der Waals surface area contributed by atoms with Crippen LogP contribution in [0.5, 0.6) is 0 Å². The zero-order chi connectivity index (χ0) is 6.65. The van der Waals surface area contributed by atoms with E-state index in [1.54, 1.807) is 0 Å². The number of hydrogen-bond acceptors (Lipinski definition) is 1. The van der Waals surface area contributed by atoms with Gasteiger partial charge in [-0.2, -0.15) is 0 Å². The standard InChI is InChI=1S/C6H6F2O/c7-6(8)3-1-2-4(9)5(3)6/h3,5H,1-2H2/t3-,5-/m1/s1. The molecule has 2 saturated carbocycles. The van der Waals surface area contributed by atoms with Crippen LogP contribution < -0.4 is 0 Å². The number of carbonyl (C=O) groups excluding carboxylic acids is 1. The Hall–Kier alpha value is -0.470. The Morgan fingerprint density at radius 2 is 2.22 bits per heavy atom. The third-order valence-electron chi connectivity index (χ3n) is 2.25. The first-order valence-electron chi connectivity index (χ1n) is 3.04. The highest BCUT2D eigenvalue weighted by Gasteiger charge is 2.73. The fourth-order valence-corrected chi connectivity index (χ4v) is 1.64. The van der Waals surface area contributed by atoms with E-state index in [1.165, 1.54) is 0 Å². The maximum Gasteiger partial charge on any atom is 0.261 e. The monoisotopic (exact) mass is 132 g/mol. The molecule has 2 aliphatic carbocycles. The molecule has 0 aliphatic heterocycles. The third-order valence-corrected chi connectivity index (χ3v) is 2.25. The van der Waals surface area contributed by atoms with E-state index < -0.39 is 17.8 Å². The lowest BCUT2D eigenvalue weighted by Gasteiger charge is -1.96. The van der Waals surface area contributed by atoms with Gasteiger partial charge in [0.05, 0.1) is 5.92 Å². The van der Waals surface area contributed by atoms with Crippen LogP contribution >= 0.6 is 0 Å². The average Bonchev–Trinajstić information content (AvgIpc) is 2.19. The fraction of sp³-hybridized carbons (Fsp3) is 0.833. The SMILES string of the molecule is O=C1CC[C@@H]2[C@H]1C2(F)F. The van der Waals surface area contributed by atoms with Crippen molar-refractivity contribution in [3.63, 3.8) is 0 Å². The van der Waals surface area contributed by atoms with Crippen LogP contribution in [0.15, 0.2) is 0 Å². The molecule has 0 spiro atoms. The minimum absolute atomic E-state index is 0.231. The second-order valence-corrected chi connectivity index (χ2v) is 2.76. The lowest BCUT2D eigenvalue weighted by Crippen LogP contribution is -2.07. The zero-order valence-electron chi connectivity index (χ0n) is 4.73. The van der Waals surface area contributed by atoms with Gasteiger partial charge < -0.3 is 0 Å². The topological polar surface area (TPSA) is 17.1 Å². The maximum absolute atomic E-state index is 12.3. The first-order chi connectivity index (χ1) is 4.14. The van der Waals surface area contributed by atoms with E-state index in [-0.39, 0.29) is 5.78 Å². The molecule has 2 aliphatic rings. The van der Waals surface area contributed by atoms with Crippen LogP contribution in [0.1, 0.15) is 12.8 Å². The van der Waals surface area contributed by atoms with Crippen molar-refractivity contribution in [1.82, 2.24) is 0 Å². The van der Waals surface area contributed by atoms with Gasteiger partial charge in [-0.25, -0.2) is 8.78 Å². The van der Waals surface area contributed by atoms with Crippen molar-refractivity contribution in [3.05, 3.63) is 0 Å². The van der Waals surface area contributed by atoms with E-state index in [9.17, 15) is 13.6 Å². The molecule has 50 valence electrons. The Morgan fingerprint density at radius 1 is 1.56 bits per heavy atom.